The van der Waals surface area contributed by atoms with Gasteiger partial charge in [0.15, 0.2) is 0 Å². The molecular formula is C15H17FN4OS. The number of thioether (sulfide) groups is 1. The molecule has 0 spiro atoms. The molecule has 1 aromatic carbocycles. The number of hydrogen-bond donors (Lipinski definition) is 1. The molecule has 2 aromatic rings. The summed E-state index contributed by atoms with van der Waals surface area (Å²) in [5, 5.41) is 7.61. The number of aromatic nitrogens is 3. The van der Waals surface area contributed by atoms with Crippen molar-refractivity contribution < 1.29 is 9.18 Å². The summed E-state index contributed by atoms with van der Waals surface area (Å²) in [4.78, 5) is 18.0. The third kappa shape index (κ3) is 3.65. The second-order valence-corrected chi connectivity index (χ2v) is 6.35. The van der Waals surface area contributed by atoms with Crippen LogP contribution in [0.25, 0.3) is 0 Å². The highest BCUT2D eigenvalue weighted by molar-refractivity contribution is 7.99. The van der Waals surface area contributed by atoms with Crippen molar-refractivity contribution in [3.63, 3.8) is 0 Å². The normalized spacial score (nSPS) is 14.1. The van der Waals surface area contributed by atoms with Gasteiger partial charge in [-0.2, -0.15) is 0 Å². The number of nitrogens with zero attached hydrogens (tertiary/aromatic N) is 3. The molecule has 1 fully saturated rings. The molecule has 22 heavy (non-hydrogen) atoms. The van der Waals surface area contributed by atoms with Crippen LogP contribution >= 0.6 is 11.8 Å². The molecular weight excluding hydrogens is 303 g/mol. The highest BCUT2D eigenvalue weighted by Crippen LogP contribution is 2.38. The number of halogens is 1. The quantitative estimate of drug-likeness (QED) is 0.831. The minimum absolute atomic E-state index is 0.0778. The van der Waals surface area contributed by atoms with Gasteiger partial charge in [0.05, 0.1) is 5.75 Å². The van der Waals surface area contributed by atoms with E-state index in [9.17, 15) is 9.18 Å². The van der Waals surface area contributed by atoms with Gasteiger partial charge in [0.2, 0.25) is 11.1 Å². The minimum Gasteiger partial charge on any atom is -0.341 e. The van der Waals surface area contributed by atoms with Gasteiger partial charge in [-0.3, -0.25) is 9.89 Å². The molecule has 1 aliphatic rings. The molecule has 5 nitrogen and oxygen atoms in total. The zero-order valence-corrected chi connectivity index (χ0v) is 13.1. The van der Waals surface area contributed by atoms with Crippen molar-refractivity contribution >= 4 is 17.7 Å². The van der Waals surface area contributed by atoms with Crippen LogP contribution in [-0.4, -0.2) is 38.8 Å². The maximum Gasteiger partial charge on any atom is 0.233 e. The zero-order valence-electron chi connectivity index (χ0n) is 12.3. The lowest BCUT2D eigenvalue weighted by molar-refractivity contribution is -0.127. The topological polar surface area (TPSA) is 61.9 Å². The number of aromatic amines is 1. The summed E-state index contributed by atoms with van der Waals surface area (Å²) in [6.45, 7) is 0.257. The van der Waals surface area contributed by atoms with E-state index in [2.05, 4.69) is 15.2 Å². The second-order valence-electron chi connectivity index (χ2n) is 5.41. The van der Waals surface area contributed by atoms with Crippen LogP contribution in [0.2, 0.25) is 0 Å². The van der Waals surface area contributed by atoms with E-state index < -0.39 is 0 Å². The molecule has 0 atom stereocenters. The summed E-state index contributed by atoms with van der Waals surface area (Å²) in [6.07, 6.45) is 2.31. The molecule has 1 aliphatic carbocycles. The molecule has 3 rings (SSSR count). The molecule has 0 unspecified atom stereocenters. The highest BCUT2D eigenvalue weighted by Gasteiger charge is 2.27. The summed E-state index contributed by atoms with van der Waals surface area (Å²) in [5.74, 6) is 1.30. The fourth-order valence-electron chi connectivity index (χ4n) is 2.07. The van der Waals surface area contributed by atoms with Crippen LogP contribution in [0.5, 0.6) is 0 Å². The Hall–Kier alpha value is -1.89. The Morgan fingerprint density at radius 1 is 1.45 bits per heavy atom. The molecule has 0 radical (unpaired) electrons. The van der Waals surface area contributed by atoms with Crippen LogP contribution in [0.15, 0.2) is 29.4 Å². The minimum atomic E-state index is -0.294. The summed E-state index contributed by atoms with van der Waals surface area (Å²) < 4.78 is 13.6. The van der Waals surface area contributed by atoms with Crippen molar-refractivity contribution in [2.24, 2.45) is 0 Å². The van der Waals surface area contributed by atoms with E-state index >= 15 is 0 Å². The van der Waals surface area contributed by atoms with Crippen molar-refractivity contribution in [1.29, 1.82) is 0 Å². The van der Waals surface area contributed by atoms with Gasteiger partial charge in [0.1, 0.15) is 11.6 Å². The van der Waals surface area contributed by atoms with Crippen molar-refractivity contribution in [2.45, 2.75) is 30.5 Å². The first-order valence-electron chi connectivity index (χ1n) is 7.16. The largest absolute Gasteiger partial charge is 0.341 e. The van der Waals surface area contributed by atoms with Gasteiger partial charge >= 0.3 is 0 Å². The fourth-order valence-corrected chi connectivity index (χ4v) is 2.81. The number of H-pyrrole nitrogens is 1. The molecule has 1 amide bonds. The number of hydrogen-bond acceptors (Lipinski definition) is 4. The maximum atomic E-state index is 13.6. The predicted octanol–water partition coefficient (Wildman–Crippen LogP) is 2.57. The Labute approximate surface area is 132 Å². The molecule has 116 valence electrons. The highest BCUT2D eigenvalue weighted by atomic mass is 32.2. The van der Waals surface area contributed by atoms with E-state index in [4.69, 9.17) is 0 Å². The van der Waals surface area contributed by atoms with E-state index in [0.29, 0.717) is 16.6 Å². The van der Waals surface area contributed by atoms with Gasteiger partial charge in [-0.25, -0.2) is 9.37 Å². The number of nitrogens with one attached hydrogen (secondary N) is 1. The lowest BCUT2D eigenvalue weighted by Crippen LogP contribution is -2.28. The Morgan fingerprint density at radius 2 is 2.23 bits per heavy atom. The molecule has 1 N–H and O–H groups in total. The first-order valence-corrected chi connectivity index (χ1v) is 8.14. The van der Waals surface area contributed by atoms with Crippen LogP contribution in [0, 0.1) is 5.82 Å². The molecule has 0 saturated heterocycles. The van der Waals surface area contributed by atoms with Gasteiger partial charge in [-0.15, -0.1) is 5.10 Å². The van der Waals surface area contributed by atoms with Crippen LogP contribution in [0.3, 0.4) is 0 Å². The first-order chi connectivity index (χ1) is 10.6. The van der Waals surface area contributed by atoms with Gasteiger partial charge in [-0.1, -0.05) is 30.0 Å². The van der Waals surface area contributed by atoms with Crippen LogP contribution < -0.4 is 0 Å². The Bertz CT molecular complexity index is 671. The van der Waals surface area contributed by atoms with E-state index in [-0.39, 0.29) is 24.0 Å². The van der Waals surface area contributed by atoms with E-state index in [1.807, 2.05) is 0 Å². The smallest absolute Gasteiger partial charge is 0.233 e. The monoisotopic (exact) mass is 320 g/mol. The van der Waals surface area contributed by atoms with Crippen molar-refractivity contribution in [1.82, 2.24) is 20.1 Å². The van der Waals surface area contributed by atoms with Gasteiger partial charge < -0.3 is 4.90 Å². The SMILES string of the molecule is CN(Cc1ccccc1F)C(=O)CSc1n[nH]c(C2CC2)n1. The average molecular weight is 320 g/mol. The first kappa shape index (κ1) is 15.0. The molecule has 1 saturated carbocycles. The van der Waals surface area contributed by atoms with Gasteiger partial charge in [0, 0.05) is 25.1 Å². The Morgan fingerprint density at radius 3 is 2.95 bits per heavy atom. The third-order valence-corrected chi connectivity index (χ3v) is 4.39. The summed E-state index contributed by atoms with van der Waals surface area (Å²) in [5.41, 5.74) is 0.511. The Kier molecular flexibility index (Phi) is 4.42. The van der Waals surface area contributed by atoms with Gasteiger partial charge in [0.25, 0.3) is 0 Å². The molecule has 1 heterocycles. The standard InChI is InChI=1S/C15H17FN4OS/c1-20(8-11-4-2-3-5-12(11)16)13(21)9-22-15-17-14(18-19-15)10-6-7-10/h2-5,10H,6-9H2,1H3,(H,17,18,19). The van der Waals surface area contributed by atoms with Crippen LogP contribution in [0.4, 0.5) is 4.39 Å². The third-order valence-electron chi connectivity index (χ3n) is 3.56. The van der Waals surface area contributed by atoms with Crippen LogP contribution in [-0.2, 0) is 11.3 Å². The number of carbonyl (C=O) groups is 1. The number of amides is 1. The Balaban J connectivity index is 1.51. The van der Waals surface area contributed by atoms with Crippen LogP contribution in [0.1, 0.15) is 30.1 Å². The van der Waals surface area contributed by atoms with Crippen molar-refractivity contribution in [3.05, 3.63) is 41.5 Å². The second kappa shape index (κ2) is 6.48. The predicted molar refractivity (Wildman–Crippen MR) is 82.0 cm³/mol. The molecule has 0 bridgehead atoms. The van der Waals surface area contributed by atoms with Gasteiger partial charge in [-0.05, 0) is 18.9 Å². The summed E-state index contributed by atoms with van der Waals surface area (Å²) >= 11 is 1.30. The van der Waals surface area contributed by atoms with E-state index in [1.165, 1.54) is 22.7 Å². The average Bonchev–Trinajstić information content (AvgIpc) is 3.26. The maximum absolute atomic E-state index is 13.6. The number of benzene rings is 1. The fraction of sp³-hybridized carbons (Fsp3) is 0.400. The summed E-state index contributed by atoms with van der Waals surface area (Å²) in [7, 11) is 1.67. The number of rotatable bonds is 6. The zero-order chi connectivity index (χ0) is 15.5. The lowest BCUT2D eigenvalue weighted by atomic mass is 10.2. The molecule has 7 heteroatoms. The van der Waals surface area contributed by atoms with E-state index in [0.717, 1.165) is 18.7 Å². The number of carbonyl (C=O) groups excluding carboxylic acids is 1. The van der Waals surface area contributed by atoms with Crippen molar-refractivity contribution in [3.8, 4) is 0 Å². The molecule has 1 aromatic heterocycles. The molecule has 0 aliphatic heterocycles. The van der Waals surface area contributed by atoms with E-state index in [1.54, 1.807) is 25.2 Å². The summed E-state index contributed by atoms with van der Waals surface area (Å²) in [6, 6.07) is 6.48. The lowest BCUT2D eigenvalue weighted by Gasteiger charge is -2.17. The van der Waals surface area contributed by atoms with Crippen molar-refractivity contribution in [2.75, 3.05) is 12.8 Å².